The number of fused-ring (bicyclic) bond motifs is 1. The van der Waals surface area contributed by atoms with Gasteiger partial charge in [0, 0.05) is 5.75 Å². The van der Waals surface area contributed by atoms with Crippen molar-refractivity contribution >= 4 is 33.3 Å². The molecule has 0 spiro atoms. The van der Waals surface area contributed by atoms with E-state index in [2.05, 4.69) is 31.0 Å². The number of thioether (sulfide) groups is 1. The summed E-state index contributed by atoms with van der Waals surface area (Å²) < 4.78 is 7.93. The molecule has 1 aromatic heterocycles. The van der Waals surface area contributed by atoms with Gasteiger partial charge in [0.25, 0.3) is 0 Å². The van der Waals surface area contributed by atoms with E-state index in [0.717, 1.165) is 17.2 Å². The first-order chi connectivity index (χ1) is 9.26. The number of rotatable bonds is 7. The summed E-state index contributed by atoms with van der Waals surface area (Å²) in [7, 11) is 0. The van der Waals surface area contributed by atoms with Crippen LogP contribution >= 0.6 is 23.1 Å². The second-order valence-corrected chi connectivity index (χ2v) is 6.83. The van der Waals surface area contributed by atoms with Crippen LogP contribution < -0.4 is 4.74 Å². The largest absolute Gasteiger partial charge is 0.494 e. The van der Waals surface area contributed by atoms with Gasteiger partial charge in [0.2, 0.25) is 0 Å². The van der Waals surface area contributed by atoms with Gasteiger partial charge in [-0.3, -0.25) is 0 Å². The monoisotopic (exact) mass is 295 g/mol. The zero-order valence-corrected chi connectivity index (χ0v) is 13.4. The summed E-state index contributed by atoms with van der Waals surface area (Å²) in [5.74, 6) is 2.91. The minimum Gasteiger partial charge on any atom is -0.494 e. The summed E-state index contributed by atoms with van der Waals surface area (Å²) in [6, 6.07) is 6.15. The maximum Gasteiger partial charge on any atom is 0.151 e. The van der Waals surface area contributed by atoms with Gasteiger partial charge in [-0.2, -0.15) is 0 Å². The lowest BCUT2D eigenvalue weighted by molar-refractivity contribution is 0.341. The van der Waals surface area contributed by atoms with Crippen LogP contribution in [-0.2, 0) is 0 Å². The van der Waals surface area contributed by atoms with Crippen molar-refractivity contribution in [1.29, 1.82) is 0 Å². The zero-order valence-electron chi connectivity index (χ0n) is 11.8. The van der Waals surface area contributed by atoms with Gasteiger partial charge in [-0.1, -0.05) is 38.5 Å². The van der Waals surface area contributed by atoms with E-state index in [1.165, 1.54) is 27.6 Å². The van der Waals surface area contributed by atoms with Gasteiger partial charge in [-0.15, -0.1) is 11.3 Å². The summed E-state index contributed by atoms with van der Waals surface area (Å²) in [6.07, 6.45) is 2.51. The molecule has 104 valence electrons. The van der Waals surface area contributed by atoms with Gasteiger partial charge in [0.15, 0.2) is 4.34 Å². The molecule has 1 heterocycles. The molecule has 19 heavy (non-hydrogen) atoms. The van der Waals surface area contributed by atoms with Gasteiger partial charge in [-0.05, 0) is 31.0 Å². The zero-order chi connectivity index (χ0) is 13.7. The Kier molecular flexibility index (Phi) is 5.52. The smallest absolute Gasteiger partial charge is 0.151 e. The average Bonchev–Trinajstić information content (AvgIpc) is 2.82. The molecule has 0 bridgehead atoms. The van der Waals surface area contributed by atoms with Crippen LogP contribution in [0.1, 0.15) is 33.6 Å². The third-order valence-corrected chi connectivity index (χ3v) is 5.64. The van der Waals surface area contributed by atoms with Crippen molar-refractivity contribution in [1.82, 2.24) is 4.98 Å². The van der Waals surface area contributed by atoms with E-state index in [-0.39, 0.29) is 0 Å². The van der Waals surface area contributed by atoms with Crippen molar-refractivity contribution in [3.8, 4) is 5.75 Å². The second kappa shape index (κ2) is 7.15. The molecule has 2 aromatic rings. The molecule has 2 nitrogen and oxygen atoms in total. The first-order valence-corrected chi connectivity index (χ1v) is 8.73. The Balaban J connectivity index is 2.08. The summed E-state index contributed by atoms with van der Waals surface area (Å²) >= 11 is 3.66. The van der Waals surface area contributed by atoms with Gasteiger partial charge >= 0.3 is 0 Å². The topological polar surface area (TPSA) is 22.1 Å². The van der Waals surface area contributed by atoms with Crippen LogP contribution in [0.2, 0.25) is 0 Å². The molecule has 4 heteroatoms. The van der Waals surface area contributed by atoms with Crippen molar-refractivity contribution in [2.75, 3.05) is 12.4 Å². The standard InChI is InChI=1S/C15H21NOS2/c1-4-11(5-2)10-18-15-16-13-8-7-12(17-6-3)9-14(13)19-15/h7-9,11H,4-6,10H2,1-3H3. The first kappa shape index (κ1) is 14.7. The van der Waals surface area contributed by atoms with Crippen LogP contribution in [0.15, 0.2) is 22.5 Å². The molecule has 0 aliphatic heterocycles. The SMILES string of the molecule is CCOc1ccc2nc(SCC(CC)CC)sc2c1. The van der Waals surface area contributed by atoms with E-state index in [4.69, 9.17) is 4.74 Å². The molecule has 2 rings (SSSR count). The molecule has 0 aliphatic carbocycles. The van der Waals surface area contributed by atoms with E-state index in [9.17, 15) is 0 Å². The maximum absolute atomic E-state index is 5.53. The molecule has 0 amide bonds. The Hall–Kier alpha value is -0.740. The Bertz CT molecular complexity index is 520. The predicted octanol–water partition coefficient (Wildman–Crippen LogP) is 5.22. The summed E-state index contributed by atoms with van der Waals surface area (Å²) in [4.78, 5) is 4.68. The van der Waals surface area contributed by atoms with Crippen LogP contribution in [0, 0.1) is 5.92 Å². The van der Waals surface area contributed by atoms with Crippen molar-refractivity contribution in [3.05, 3.63) is 18.2 Å². The van der Waals surface area contributed by atoms with Crippen LogP contribution in [0.5, 0.6) is 5.75 Å². The van der Waals surface area contributed by atoms with E-state index < -0.39 is 0 Å². The highest BCUT2D eigenvalue weighted by atomic mass is 32.2. The van der Waals surface area contributed by atoms with E-state index >= 15 is 0 Å². The van der Waals surface area contributed by atoms with E-state index in [1.807, 2.05) is 24.8 Å². The van der Waals surface area contributed by atoms with Gasteiger partial charge in [0.05, 0.1) is 16.8 Å². The summed E-state index contributed by atoms with van der Waals surface area (Å²) in [5, 5.41) is 0. The number of hydrogen-bond acceptors (Lipinski definition) is 4. The predicted molar refractivity (Wildman–Crippen MR) is 85.6 cm³/mol. The molecule has 0 N–H and O–H groups in total. The van der Waals surface area contributed by atoms with Crippen molar-refractivity contribution in [2.45, 2.75) is 38.0 Å². The van der Waals surface area contributed by atoms with E-state index in [1.54, 1.807) is 11.3 Å². The number of aromatic nitrogens is 1. The highest BCUT2D eigenvalue weighted by Gasteiger charge is 2.09. The minimum atomic E-state index is 0.709. The van der Waals surface area contributed by atoms with Gasteiger partial charge in [-0.25, -0.2) is 4.98 Å². The van der Waals surface area contributed by atoms with Crippen molar-refractivity contribution in [2.24, 2.45) is 5.92 Å². The third-order valence-electron chi connectivity index (χ3n) is 3.25. The lowest BCUT2D eigenvalue weighted by Gasteiger charge is -2.09. The van der Waals surface area contributed by atoms with Gasteiger partial charge in [0.1, 0.15) is 5.75 Å². The lowest BCUT2D eigenvalue weighted by Crippen LogP contribution is -1.99. The van der Waals surface area contributed by atoms with Crippen LogP contribution in [0.4, 0.5) is 0 Å². The van der Waals surface area contributed by atoms with Gasteiger partial charge < -0.3 is 4.74 Å². The molecule has 0 radical (unpaired) electrons. The number of ether oxygens (including phenoxy) is 1. The van der Waals surface area contributed by atoms with Crippen molar-refractivity contribution < 1.29 is 4.74 Å². The minimum absolute atomic E-state index is 0.709. The maximum atomic E-state index is 5.53. The molecule has 0 saturated heterocycles. The number of nitrogens with zero attached hydrogens (tertiary/aromatic N) is 1. The molecule has 0 unspecified atom stereocenters. The van der Waals surface area contributed by atoms with Crippen LogP contribution in [0.25, 0.3) is 10.2 Å². The second-order valence-electron chi connectivity index (χ2n) is 4.54. The molecular formula is C15H21NOS2. The molecular weight excluding hydrogens is 274 g/mol. The number of hydrogen-bond donors (Lipinski definition) is 0. The molecule has 0 atom stereocenters. The Morgan fingerprint density at radius 1 is 1.26 bits per heavy atom. The fourth-order valence-corrected chi connectivity index (χ4v) is 4.36. The fraction of sp³-hybridized carbons (Fsp3) is 0.533. The van der Waals surface area contributed by atoms with E-state index in [0.29, 0.717) is 6.61 Å². The van der Waals surface area contributed by atoms with Crippen molar-refractivity contribution in [3.63, 3.8) is 0 Å². The average molecular weight is 295 g/mol. The van der Waals surface area contributed by atoms with Crippen LogP contribution in [0.3, 0.4) is 0 Å². The summed E-state index contributed by atoms with van der Waals surface area (Å²) in [6.45, 7) is 7.25. The molecule has 0 saturated carbocycles. The third kappa shape index (κ3) is 3.86. The highest BCUT2D eigenvalue weighted by molar-refractivity contribution is 8.01. The Morgan fingerprint density at radius 3 is 2.74 bits per heavy atom. The Labute approximate surface area is 123 Å². The quantitative estimate of drug-likeness (QED) is 0.653. The molecule has 1 aromatic carbocycles. The highest BCUT2D eigenvalue weighted by Crippen LogP contribution is 2.33. The fourth-order valence-electron chi connectivity index (χ4n) is 1.92. The molecule has 0 aliphatic rings. The number of benzene rings is 1. The molecule has 0 fully saturated rings. The first-order valence-electron chi connectivity index (χ1n) is 6.93. The summed E-state index contributed by atoms with van der Waals surface area (Å²) in [5.41, 5.74) is 1.08. The number of thiazole rings is 1. The lowest BCUT2D eigenvalue weighted by atomic mass is 10.1. The Morgan fingerprint density at radius 2 is 2.05 bits per heavy atom. The normalized spacial score (nSPS) is 11.4. The van der Waals surface area contributed by atoms with Crippen LogP contribution in [-0.4, -0.2) is 17.3 Å².